The van der Waals surface area contributed by atoms with E-state index in [0.717, 1.165) is 38.8 Å². The summed E-state index contributed by atoms with van der Waals surface area (Å²) >= 11 is 1.90. The standard InChI is InChI=1S/C40H23NOS/c1-2-12-29-28(11-1)36-31-13-3-6-17-33(31)41(38(36)40-37(29)32-14-5-8-19-35(32)43-40)25-22-20-24(21-23-25)26-15-9-16-30-27-10-4-7-18-34(27)42-39(26)30/h1-23H. The number of benzene rings is 7. The molecular weight excluding hydrogens is 543 g/mol. The fourth-order valence-electron chi connectivity index (χ4n) is 7.16. The first-order valence-electron chi connectivity index (χ1n) is 14.6. The summed E-state index contributed by atoms with van der Waals surface area (Å²) in [6, 6.07) is 50.3. The molecule has 10 rings (SSSR count). The van der Waals surface area contributed by atoms with Crippen molar-refractivity contribution in [3.63, 3.8) is 0 Å². The normalized spacial score (nSPS) is 12.2. The van der Waals surface area contributed by atoms with Crippen LogP contribution in [-0.4, -0.2) is 4.57 Å². The third-order valence-corrected chi connectivity index (χ3v) is 10.2. The first-order chi connectivity index (χ1) is 21.3. The number of furan rings is 1. The smallest absolute Gasteiger partial charge is 0.143 e. The van der Waals surface area contributed by atoms with Crippen LogP contribution < -0.4 is 0 Å². The van der Waals surface area contributed by atoms with E-state index in [9.17, 15) is 0 Å². The Balaban J connectivity index is 1.28. The Morgan fingerprint density at radius 1 is 0.488 bits per heavy atom. The Morgan fingerprint density at radius 2 is 1.14 bits per heavy atom. The lowest BCUT2D eigenvalue weighted by Crippen LogP contribution is -1.94. The van der Waals surface area contributed by atoms with Crippen LogP contribution in [-0.2, 0) is 0 Å². The van der Waals surface area contributed by atoms with Gasteiger partial charge in [0.1, 0.15) is 11.2 Å². The summed E-state index contributed by atoms with van der Waals surface area (Å²) in [5.41, 5.74) is 7.77. The summed E-state index contributed by atoms with van der Waals surface area (Å²) in [5, 5.41) is 10.2. The van der Waals surface area contributed by atoms with Gasteiger partial charge in [-0.1, -0.05) is 109 Å². The van der Waals surface area contributed by atoms with Crippen molar-refractivity contribution in [1.82, 2.24) is 4.57 Å². The van der Waals surface area contributed by atoms with Crippen LogP contribution >= 0.6 is 11.3 Å². The zero-order valence-corrected chi connectivity index (χ0v) is 23.9. The third kappa shape index (κ3) is 3.12. The molecule has 0 aliphatic carbocycles. The molecule has 3 heteroatoms. The van der Waals surface area contributed by atoms with Crippen molar-refractivity contribution in [3.05, 3.63) is 140 Å². The Labute approximate surface area is 250 Å². The van der Waals surface area contributed by atoms with Crippen LogP contribution in [0.1, 0.15) is 0 Å². The van der Waals surface area contributed by atoms with Crippen molar-refractivity contribution in [2.24, 2.45) is 0 Å². The minimum absolute atomic E-state index is 0.923. The molecule has 0 saturated heterocycles. The van der Waals surface area contributed by atoms with Gasteiger partial charge in [-0.05, 0) is 46.7 Å². The SMILES string of the molecule is c1ccc2c(c1)oc1c(-c3ccc(-n4c5ccccc5c5c6ccccc6c6c7ccccc7sc6c54)cc3)cccc12. The quantitative estimate of drug-likeness (QED) is 0.204. The number of thiophene rings is 1. The molecule has 0 saturated carbocycles. The van der Waals surface area contributed by atoms with Crippen molar-refractivity contribution < 1.29 is 4.42 Å². The van der Waals surface area contributed by atoms with Gasteiger partial charge in [-0.15, -0.1) is 11.3 Å². The van der Waals surface area contributed by atoms with Crippen molar-refractivity contribution in [2.45, 2.75) is 0 Å². The van der Waals surface area contributed by atoms with Crippen LogP contribution in [0.3, 0.4) is 0 Å². The summed E-state index contributed by atoms with van der Waals surface area (Å²) in [4.78, 5) is 0. The predicted octanol–water partition coefficient (Wildman–Crippen LogP) is 11.9. The van der Waals surface area contributed by atoms with Crippen LogP contribution in [0.15, 0.2) is 144 Å². The molecule has 3 aromatic heterocycles. The fraction of sp³-hybridized carbons (Fsp3) is 0. The molecule has 0 atom stereocenters. The van der Waals surface area contributed by atoms with E-state index in [1.165, 1.54) is 52.8 Å². The summed E-state index contributed by atoms with van der Waals surface area (Å²) in [6.45, 7) is 0. The van der Waals surface area contributed by atoms with Gasteiger partial charge in [0.25, 0.3) is 0 Å². The molecule has 0 aliphatic rings. The molecule has 10 aromatic rings. The highest BCUT2D eigenvalue weighted by atomic mass is 32.1. The topological polar surface area (TPSA) is 18.1 Å². The molecule has 7 aromatic carbocycles. The molecule has 0 N–H and O–H groups in total. The summed E-state index contributed by atoms with van der Waals surface area (Å²) in [7, 11) is 0. The second kappa shape index (κ2) is 8.57. The lowest BCUT2D eigenvalue weighted by Gasteiger charge is -2.11. The summed E-state index contributed by atoms with van der Waals surface area (Å²) < 4.78 is 11.5. The maximum Gasteiger partial charge on any atom is 0.143 e. The van der Waals surface area contributed by atoms with E-state index < -0.39 is 0 Å². The van der Waals surface area contributed by atoms with Crippen molar-refractivity contribution in [3.8, 4) is 16.8 Å². The predicted molar refractivity (Wildman–Crippen MR) is 184 cm³/mol. The van der Waals surface area contributed by atoms with Crippen LogP contribution in [0, 0.1) is 0 Å². The van der Waals surface area contributed by atoms with Gasteiger partial charge in [0.05, 0.1) is 15.7 Å². The van der Waals surface area contributed by atoms with Crippen LogP contribution in [0.5, 0.6) is 0 Å². The van der Waals surface area contributed by atoms with E-state index in [1.54, 1.807) is 0 Å². The van der Waals surface area contributed by atoms with Gasteiger partial charge in [0, 0.05) is 48.3 Å². The molecule has 0 radical (unpaired) electrons. The average molecular weight is 566 g/mol. The maximum absolute atomic E-state index is 6.37. The highest BCUT2D eigenvalue weighted by molar-refractivity contribution is 7.27. The fourth-order valence-corrected chi connectivity index (χ4v) is 8.42. The number of nitrogens with zero attached hydrogens (tertiary/aromatic N) is 1. The van der Waals surface area contributed by atoms with E-state index in [0.29, 0.717) is 0 Å². The van der Waals surface area contributed by atoms with Crippen LogP contribution in [0.25, 0.3) is 91.5 Å². The minimum Gasteiger partial charge on any atom is -0.455 e. The first kappa shape index (κ1) is 23.2. The molecule has 0 bridgehead atoms. The van der Waals surface area contributed by atoms with Crippen LogP contribution in [0.4, 0.5) is 0 Å². The molecule has 0 amide bonds. The molecule has 2 nitrogen and oxygen atoms in total. The lowest BCUT2D eigenvalue weighted by atomic mass is 9.99. The van der Waals surface area contributed by atoms with Gasteiger partial charge in [-0.25, -0.2) is 0 Å². The molecular formula is C40H23NOS. The Morgan fingerprint density at radius 3 is 1.98 bits per heavy atom. The van der Waals surface area contributed by atoms with Gasteiger partial charge >= 0.3 is 0 Å². The summed E-state index contributed by atoms with van der Waals surface area (Å²) in [5.74, 6) is 0. The van der Waals surface area contributed by atoms with E-state index in [1.807, 2.05) is 23.5 Å². The monoisotopic (exact) mass is 565 g/mol. The summed E-state index contributed by atoms with van der Waals surface area (Å²) in [6.07, 6.45) is 0. The average Bonchev–Trinajstić information content (AvgIpc) is 3.75. The number of hydrogen-bond acceptors (Lipinski definition) is 2. The molecule has 200 valence electrons. The number of hydrogen-bond donors (Lipinski definition) is 0. The van der Waals surface area contributed by atoms with E-state index in [2.05, 4.69) is 132 Å². The second-order valence-corrected chi connectivity index (χ2v) is 12.3. The van der Waals surface area contributed by atoms with Gasteiger partial charge in [-0.2, -0.15) is 0 Å². The van der Waals surface area contributed by atoms with E-state index >= 15 is 0 Å². The molecule has 0 spiro atoms. The first-order valence-corrected chi connectivity index (χ1v) is 15.4. The number of para-hydroxylation sites is 3. The van der Waals surface area contributed by atoms with Crippen molar-refractivity contribution >= 4 is 86.0 Å². The van der Waals surface area contributed by atoms with Crippen molar-refractivity contribution in [1.29, 1.82) is 0 Å². The van der Waals surface area contributed by atoms with Gasteiger partial charge in [0.15, 0.2) is 0 Å². The van der Waals surface area contributed by atoms with E-state index in [4.69, 9.17) is 4.42 Å². The van der Waals surface area contributed by atoms with Gasteiger partial charge < -0.3 is 8.98 Å². The Bertz CT molecular complexity index is 2720. The zero-order chi connectivity index (χ0) is 28.1. The highest BCUT2D eigenvalue weighted by Crippen LogP contribution is 2.48. The molecule has 0 unspecified atom stereocenters. The Hall–Kier alpha value is -5.38. The third-order valence-electron chi connectivity index (χ3n) is 8.99. The minimum atomic E-state index is 0.923. The zero-order valence-electron chi connectivity index (χ0n) is 23.0. The van der Waals surface area contributed by atoms with Gasteiger partial charge in [0.2, 0.25) is 0 Å². The Kier molecular flexibility index (Phi) is 4.63. The molecule has 43 heavy (non-hydrogen) atoms. The number of aromatic nitrogens is 1. The molecule has 3 heterocycles. The molecule has 0 fully saturated rings. The van der Waals surface area contributed by atoms with Crippen LogP contribution in [0.2, 0.25) is 0 Å². The second-order valence-electron chi connectivity index (χ2n) is 11.3. The van der Waals surface area contributed by atoms with E-state index in [-0.39, 0.29) is 0 Å². The number of fused-ring (bicyclic) bond motifs is 13. The lowest BCUT2D eigenvalue weighted by molar-refractivity contribution is 0.670. The highest BCUT2D eigenvalue weighted by Gasteiger charge is 2.21. The van der Waals surface area contributed by atoms with Crippen molar-refractivity contribution in [2.75, 3.05) is 0 Å². The largest absolute Gasteiger partial charge is 0.455 e. The van der Waals surface area contributed by atoms with Gasteiger partial charge in [-0.3, -0.25) is 0 Å². The molecule has 0 aliphatic heterocycles. The maximum atomic E-state index is 6.37. The number of rotatable bonds is 2.